The van der Waals surface area contributed by atoms with Crippen LogP contribution >= 0.6 is 0 Å². The molecule has 3 rings (SSSR count). The predicted molar refractivity (Wildman–Crippen MR) is 90.1 cm³/mol. The van der Waals surface area contributed by atoms with Gasteiger partial charge in [-0.15, -0.1) is 0 Å². The van der Waals surface area contributed by atoms with Gasteiger partial charge in [-0.2, -0.15) is 0 Å². The van der Waals surface area contributed by atoms with Crippen LogP contribution in [0, 0.1) is 0 Å². The van der Waals surface area contributed by atoms with E-state index >= 15 is 0 Å². The number of pyridine rings is 1. The number of hydrogen-bond donors (Lipinski definition) is 2. The molecule has 0 spiro atoms. The maximum atomic E-state index is 12.1. The van der Waals surface area contributed by atoms with Crippen molar-refractivity contribution in [1.82, 2.24) is 10.3 Å². The summed E-state index contributed by atoms with van der Waals surface area (Å²) in [6, 6.07) is 11.5. The Kier molecular flexibility index (Phi) is 4.65. The number of hydrogen-bond acceptors (Lipinski definition) is 5. The van der Waals surface area contributed by atoms with Crippen LogP contribution in [0.25, 0.3) is 10.8 Å². The Labute approximate surface area is 142 Å². The Morgan fingerprint density at radius 2 is 2.04 bits per heavy atom. The van der Waals surface area contributed by atoms with Crippen LogP contribution in [0.15, 0.2) is 57.9 Å². The summed E-state index contributed by atoms with van der Waals surface area (Å²) in [5.41, 5.74) is -0.392. The van der Waals surface area contributed by atoms with Gasteiger partial charge in [-0.25, -0.2) is 4.79 Å². The zero-order chi connectivity index (χ0) is 17.8. The number of aromatic amines is 1. The number of H-pyrrole nitrogens is 1. The van der Waals surface area contributed by atoms with E-state index in [0.717, 1.165) is 0 Å². The lowest BCUT2D eigenvalue weighted by molar-refractivity contribution is -0.125. The zero-order valence-corrected chi connectivity index (χ0v) is 13.4. The van der Waals surface area contributed by atoms with Gasteiger partial charge in [0.1, 0.15) is 11.5 Å². The number of furan rings is 1. The van der Waals surface area contributed by atoms with Gasteiger partial charge in [0, 0.05) is 5.39 Å². The number of nitrogens with one attached hydrogen (secondary N) is 2. The smallest absolute Gasteiger partial charge is 0.355 e. The number of carbonyl (C=O) groups excluding carboxylic acids is 2. The van der Waals surface area contributed by atoms with Crippen LogP contribution < -0.4 is 10.9 Å². The van der Waals surface area contributed by atoms with Gasteiger partial charge in [0.25, 0.3) is 11.5 Å². The molecular formula is C18H16N2O5. The normalized spacial score (nSPS) is 11.9. The minimum atomic E-state index is -0.774. The summed E-state index contributed by atoms with van der Waals surface area (Å²) in [5, 5.41) is 3.74. The van der Waals surface area contributed by atoms with Crippen LogP contribution in [-0.4, -0.2) is 23.5 Å². The number of amides is 1. The first-order valence-corrected chi connectivity index (χ1v) is 7.66. The average molecular weight is 340 g/mol. The van der Waals surface area contributed by atoms with E-state index in [4.69, 9.17) is 9.15 Å². The molecule has 0 saturated heterocycles. The predicted octanol–water partition coefficient (Wildman–Crippen LogP) is 2.16. The van der Waals surface area contributed by atoms with Crippen molar-refractivity contribution in [3.05, 3.63) is 70.5 Å². The highest BCUT2D eigenvalue weighted by Crippen LogP contribution is 2.12. The second-order valence-corrected chi connectivity index (χ2v) is 5.48. The van der Waals surface area contributed by atoms with Gasteiger partial charge in [-0.1, -0.05) is 18.2 Å². The Hall–Kier alpha value is -3.35. The molecule has 0 aliphatic carbocycles. The summed E-state index contributed by atoms with van der Waals surface area (Å²) >= 11 is 0. The highest BCUT2D eigenvalue weighted by molar-refractivity contribution is 5.94. The van der Waals surface area contributed by atoms with E-state index in [9.17, 15) is 14.4 Å². The third kappa shape index (κ3) is 3.77. The summed E-state index contributed by atoms with van der Waals surface area (Å²) < 4.78 is 10.1. The third-order valence-corrected chi connectivity index (χ3v) is 3.66. The molecule has 0 bridgehead atoms. The van der Waals surface area contributed by atoms with Crippen LogP contribution in [0.5, 0.6) is 0 Å². The van der Waals surface area contributed by atoms with E-state index in [1.165, 1.54) is 12.3 Å². The molecule has 1 amide bonds. The van der Waals surface area contributed by atoms with Crippen molar-refractivity contribution >= 4 is 22.6 Å². The molecule has 7 heteroatoms. The van der Waals surface area contributed by atoms with E-state index < -0.39 is 18.5 Å². The second kappa shape index (κ2) is 7.04. The van der Waals surface area contributed by atoms with E-state index in [-0.39, 0.29) is 17.3 Å². The van der Waals surface area contributed by atoms with E-state index in [2.05, 4.69) is 10.3 Å². The van der Waals surface area contributed by atoms with Crippen LogP contribution in [0.4, 0.5) is 0 Å². The van der Waals surface area contributed by atoms with Crippen LogP contribution in [0.2, 0.25) is 0 Å². The van der Waals surface area contributed by atoms with Gasteiger partial charge in [0.2, 0.25) is 0 Å². The summed E-state index contributed by atoms with van der Waals surface area (Å²) in [4.78, 5) is 38.4. The van der Waals surface area contributed by atoms with Gasteiger partial charge in [-0.05, 0) is 36.6 Å². The fourth-order valence-corrected chi connectivity index (χ4v) is 2.42. The molecule has 128 valence electrons. The quantitative estimate of drug-likeness (QED) is 0.693. The Bertz CT molecular complexity index is 959. The third-order valence-electron chi connectivity index (χ3n) is 3.66. The molecule has 0 aliphatic rings. The first-order valence-electron chi connectivity index (χ1n) is 7.66. The van der Waals surface area contributed by atoms with Gasteiger partial charge < -0.3 is 19.5 Å². The van der Waals surface area contributed by atoms with Gasteiger partial charge >= 0.3 is 5.97 Å². The lowest BCUT2D eigenvalue weighted by atomic mass is 10.1. The molecule has 25 heavy (non-hydrogen) atoms. The minimum Gasteiger partial charge on any atom is -0.467 e. The number of esters is 1. The van der Waals surface area contributed by atoms with Crippen molar-refractivity contribution in [2.45, 2.75) is 13.0 Å². The molecule has 0 unspecified atom stereocenters. The van der Waals surface area contributed by atoms with Crippen molar-refractivity contribution < 1.29 is 18.7 Å². The lowest BCUT2D eigenvalue weighted by Crippen LogP contribution is -2.31. The van der Waals surface area contributed by atoms with Crippen molar-refractivity contribution in [3.8, 4) is 0 Å². The first kappa shape index (κ1) is 16.5. The molecule has 2 aromatic heterocycles. The van der Waals surface area contributed by atoms with Gasteiger partial charge in [0.05, 0.1) is 12.3 Å². The molecule has 2 heterocycles. The Balaban J connectivity index is 1.62. The summed E-state index contributed by atoms with van der Waals surface area (Å²) in [5.74, 6) is -0.650. The lowest BCUT2D eigenvalue weighted by Gasteiger charge is -2.11. The number of carbonyl (C=O) groups is 2. The average Bonchev–Trinajstić information content (AvgIpc) is 3.14. The number of aromatic nitrogens is 1. The SMILES string of the molecule is C[C@@H](NC(=O)COC(=O)c1cc2ccccc2c(=O)[nH]1)c1ccco1. The minimum absolute atomic E-state index is 0.00409. The maximum Gasteiger partial charge on any atom is 0.355 e. The van der Waals surface area contributed by atoms with Gasteiger partial charge in [0.15, 0.2) is 6.61 Å². The van der Waals surface area contributed by atoms with Crippen LogP contribution in [-0.2, 0) is 9.53 Å². The molecule has 2 N–H and O–H groups in total. The fourth-order valence-electron chi connectivity index (χ4n) is 2.42. The van der Waals surface area contributed by atoms with Crippen molar-refractivity contribution in [2.24, 2.45) is 0 Å². The molecule has 3 aromatic rings. The number of rotatable bonds is 5. The van der Waals surface area contributed by atoms with E-state index in [0.29, 0.717) is 16.5 Å². The largest absolute Gasteiger partial charge is 0.467 e. The van der Waals surface area contributed by atoms with E-state index in [1.807, 2.05) is 0 Å². The molecule has 1 atom stereocenters. The highest BCUT2D eigenvalue weighted by atomic mass is 16.5. The summed E-state index contributed by atoms with van der Waals surface area (Å²) in [6.07, 6.45) is 1.51. The topological polar surface area (TPSA) is 101 Å². The molecule has 0 radical (unpaired) electrons. The monoisotopic (exact) mass is 340 g/mol. The first-order chi connectivity index (χ1) is 12.0. The molecule has 7 nitrogen and oxygen atoms in total. The number of fused-ring (bicyclic) bond motifs is 1. The fraction of sp³-hybridized carbons (Fsp3) is 0.167. The number of ether oxygens (including phenoxy) is 1. The van der Waals surface area contributed by atoms with Crippen LogP contribution in [0.3, 0.4) is 0 Å². The van der Waals surface area contributed by atoms with Gasteiger partial charge in [-0.3, -0.25) is 9.59 Å². The molecule has 0 fully saturated rings. The standard InChI is InChI=1S/C18H16N2O5/c1-11(15-7-4-8-24-15)19-16(21)10-25-18(23)14-9-12-5-2-3-6-13(12)17(22)20-14/h2-9,11H,10H2,1H3,(H,19,21)(H,20,22)/t11-/m1/s1. The molecular weight excluding hydrogens is 324 g/mol. The van der Waals surface area contributed by atoms with Crippen molar-refractivity contribution in [3.63, 3.8) is 0 Å². The second-order valence-electron chi connectivity index (χ2n) is 5.48. The van der Waals surface area contributed by atoms with Crippen molar-refractivity contribution in [1.29, 1.82) is 0 Å². The Morgan fingerprint density at radius 3 is 2.80 bits per heavy atom. The summed E-state index contributed by atoms with van der Waals surface area (Å²) in [7, 11) is 0. The summed E-state index contributed by atoms with van der Waals surface area (Å²) in [6.45, 7) is 1.29. The molecule has 1 aromatic carbocycles. The Morgan fingerprint density at radius 1 is 1.24 bits per heavy atom. The van der Waals surface area contributed by atoms with Crippen molar-refractivity contribution in [2.75, 3.05) is 6.61 Å². The van der Waals surface area contributed by atoms with Crippen LogP contribution in [0.1, 0.15) is 29.2 Å². The molecule has 0 saturated carbocycles. The van der Waals surface area contributed by atoms with E-state index in [1.54, 1.807) is 43.3 Å². The maximum absolute atomic E-state index is 12.1. The highest BCUT2D eigenvalue weighted by Gasteiger charge is 2.15. The number of benzene rings is 1. The molecule has 0 aliphatic heterocycles. The zero-order valence-electron chi connectivity index (χ0n) is 13.4.